The van der Waals surface area contributed by atoms with Gasteiger partial charge in [-0.25, -0.2) is 0 Å². The van der Waals surface area contributed by atoms with Gasteiger partial charge in [0, 0.05) is 17.8 Å². The van der Waals surface area contributed by atoms with Gasteiger partial charge in [0.05, 0.1) is 0 Å². The summed E-state index contributed by atoms with van der Waals surface area (Å²) in [5.41, 5.74) is 2.64. The van der Waals surface area contributed by atoms with E-state index in [4.69, 9.17) is 0 Å². The molecule has 0 aliphatic rings. The van der Waals surface area contributed by atoms with Crippen molar-refractivity contribution in [2.24, 2.45) is 0 Å². The molecule has 0 radical (unpaired) electrons. The summed E-state index contributed by atoms with van der Waals surface area (Å²) in [7, 11) is 0. The average molecular weight is 294 g/mol. The number of benzene rings is 1. The van der Waals surface area contributed by atoms with Crippen LogP contribution in [0.5, 0.6) is 0 Å². The monoisotopic (exact) mass is 294 g/mol. The number of aromatic nitrogens is 1. The molecule has 0 aliphatic carbocycles. The fourth-order valence-electron chi connectivity index (χ4n) is 2.70. The fraction of sp³-hybridized carbons (Fsp3) is 0.368. The Hall–Kier alpha value is -2.34. The van der Waals surface area contributed by atoms with Crippen LogP contribution >= 0.6 is 0 Å². The van der Waals surface area contributed by atoms with Crippen LogP contribution < -0.4 is 5.56 Å². The molecule has 2 rings (SSSR count). The third-order valence-electron chi connectivity index (χ3n) is 3.94. The minimum Gasteiger partial charge on any atom is -0.312 e. The quantitative estimate of drug-likeness (QED) is 0.747. The van der Waals surface area contributed by atoms with Gasteiger partial charge in [0.15, 0.2) is 0 Å². The number of pyridine rings is 1. The summed E-state index contributed by atoms with van der Waals surface area (Å²) in [4.78, 5) is 12.6. The Morgan fingerprint density at radius 1 is 1.14 bits per heavy atom. The molecule has 3 nitrogen and oxygen atoms in total. The van der Waals surface area contributed by atoms with Gasteiger partial charge in [0.2, 0.25) is 0 Å². The fourth-order valence-corrected chi connectivity index (χ4v) is 2.70. The molecule has 3 heteroatoms. The number of nitrogens with zero attached hydrogens (tertiary/aromatic N) is 2. The molecule has 0 aliphatic heterocycles. The second kappa shape index (κ2) is 7.61. The molecule has 0 atom stereocenters. The van der Waals surface area contributed by atoms with Crippen LogP contribution in [0.4, 0.5) is 0 Å². The summed E-state index contributed by atoms with van der Waals surface area (Å²) in [5.74, 6) is 0. The zero-order valence-electron chi connectivity index (χ0n) is 13.3. The van der Waals surface area contributed by atoms with Crippen molar-refractivity contribution in [3.05, 3.63) is 58.0 Å². The normalized spacial score (nSPS) is 10.4. The smallest absolute Gasteiger partial charge is 0.269 e. The van der Waals surface area contributed by atoms with Gasteiger partial charge in [0.1, 0.15) is 11.6 Å². The highest BCUT2D eigenvalue weighted by molar-refractivity contribution is 5.70. The Kier molecular flexibility index (Phi) is 5.55. The van der Waals surface area contributed by atoms with Gasteiger partial charge in [-0.05, 0) is 25.0 Å². The van der Waals surface area contributed by atoms with Crippen LogP contribution in [0.25, 0.3) is 11.1 Å². The lowest BCUT2D eigenvalue weighted by Gasteiger charge is -2.13. The van der Waals surface area contributed by atoms with Crippen LogP contribution in [0, 0.1) is 18.3 Å². The molecule has 0 unspecified atom stereocenters. The summed E-state index contributed by atoms with van der Waals surface area (Å²) in [5, 5.41) is 9.42. The third-order valence-corrected chi connectivity index (χ3v) is 3.94. The van der Waals surface area contributed by atoms with Crippen LogP contribution in [0.1, 0.15) is 43.9 Å². The molecular weight excluding hydrogens is 272 g/mol. The average Bonchev–Trinajstić information content (AvgIpc) is 2.54. The van der Waals surface area contributed by atoms with E-state index in [-0.39, 0.29) is 11.1 Å². The molecule has 1 heterocycles. The van der Waals surface area contributed by atoms with Crippen LogP contribution in [0.3, 0.4) is 0 Å². The van der Waals surface area contributed by atoms with Gasteiger partial charge in [-0.2, -0.15) is 5.26 Å². The molecule has 0 bridgehead atoms. The first kappa shape index (κ1) is 16.0. The third kappa shape index (κ3) is 3.46. The number of unbranched alkanes of at least 4 members (excludes halogenated alkanes) is 3. The van der Waals surface area contributed by atoms with E-state index in [2.05, 4.69) is 13.0 Å². The minimum atomic E-state index is -0.169. The molecule has 0 spiro atoms. The van der Waals surface area contributed by atoms with Crippen LogP contribution in [-0.4, -0.2) is 4.57 Å². The Morgan fingerprint density at radius 3 is 2.50 bits per heavy atom. The van der Waals surface area contributed by atoms with Gasteiger partial charge >= 0.3 is 0 Å². The maximum absolute atomic E-state index is 12.6. The van der Waals surface area contributed by atoms with Crippen LogP contribution in [0.2, 0.25) is 0 Å². The summed E-state index contributed by atoms with van der Waals surface area (Å²) in [6.07, 6.45) is 4.44. The predicted octanol–water partition coefficient (Wildman–Crippen LogP) is 4.28. The lowest BCUT2D eigenvalue weighted by atomic mass is 10.0. The summed E-state index contributed by atoms with van der Waals surface area (Å²) in [6, 6.07) is 13.7. The zero-order chi connectivity index (χ0) is 15.9. The topological polar surface area (TPSA) is 45.8 Å². The first-order valence-electron chi connectivity index (χ1n) is 7.89. The minimum absolute atomic E-state index is 0.169. The van der Waals surface area contributed by atoms with E-state index in [1.807, 2.05) is 43.3 Å². The Labute approximate surface area is 131 Å². The molecule has 0 saturated heterocycles. The Bertz CT molecular complexity index is 724. The number of rotatable bonds is 6. The van der Waals surface area contributed by atoms with Gasteiger partial charge in [-0.3, -0.25) is 4.79 Å². The van der Waals surface area contributed by atoms with Crippen molar-refractivity contribution in [3.8, 4) is 17.2 Å². The highest BCUT2D eigenvalue weighted by atomic mass is 16.1. The Balaban J connectivity index is 2.40. The summed E-state index contributed by atoms with van der Waals surface area (Å²) < 4.78 is 1.74. The summed E-state index contributed by atoms with van der Waals surface area (Å²) >= 11 is 0. The van der Waals surface area contributed by atoms with E-state index < -0.39 is 0 Å². The summed E-state index contributed by atoms with van der Waals surface area (Å²) in [6.45, 7) is 4.79. The second-order valence-corrected chi connectivity index (χ2v) is 5.57. The number of hydrogen-bond acceptors (Lipinski definition) is 2. The molecule has 0 amide bonds. The highest BCUT2D eigenvalue weighted by Crippen LogP contribution is 2.22. The molecule has 0 N–H and O–H groups in total. The first-order valence-corrected chi connectivity index (χ1v) is 7.89. The second-order valence-electron chi connectivity index (χ2n) is 5.57. The van der Waals surface area contributed by atoms with Gasteiger partial charge in [-0.1, -0.05) is 56.5 Å². The van der Waals surface area contributed by atoms with E-state index in [9.17, 15) is 10.1 Å². The van der Waals surface area contributed by atoms with E-state index in [0.29, 0.717) is 6.54 Å². The maximum Gasteiger partial charge on any atom is 0.269 e. The molecule has 0 saturated carbocycles. The van der Waals surface area contributed by atoms with Crippen LogP contribution in [-0.2, 0) is 6.54 Å². The van der Waals surface area contributed by atoms with E-state index >= 15 is 0 Å². The van der Waals surface area contributed by atoms with Gasteiger partial charge in [0.25, 0.3) is 5.56 Å². The molecule has 0 fully saturated rings. The molecule has 1 aromatic carbocycles. The Morgan fingerprint density at radius 2 is 1.86 bits per heavy atom. The van der Waals surface area contributed by atoms with Crippen molar-refractivity contribution in [1.29, 1.82) is 5.26 Å². The molecule has 2 aromatic rings. The maximum atomic E-state index is 12.6. The standard InChI is InChI=1S/C19H22N2O/c1-3-4-5-9-12-21-15(2)13-17(18(14-20)19(21)22)16-10-7-6-8-11-16/h6-8,10-11,13H,3-5,9,12H2,1-2H3. The molecular formula is C19H22N2O. The van der Waals surface area contributed by atoms with Crippen molar-refractivity contribution < 1.29 is 0 Å². The van der Waals surface area contributed by atoms with E-state index in [1.54, 1.807) is 4.57 Å². The van der Waals surface area contributed by atoms with E-state index in [0.717, 1.165) is 29.7 Å². The SMILES string of the molecule is CCCCCCn1c(C)cc(-c2ccccc2)c(C#N)c1=O. The first-order chi connectivity index (χ1) is 10.7. The molecule has 114 valence electrons. The number of hydrogen-bond donors (Lipinski definition) is 0. The van der Waals surface area contributed by atoms with Gasteiger partial charge < -0.3 is 4.57 Å². The zero-order valence-corrected chi connectivity index (χ0v) is 13.3. The van der Waals surface area contributed by atoms with Crippen molar-refractivity contribution in [2.45, 2.75) is 46.1 Å². The molecule has 22 heavy (non-hydrogen) atoms. The lowest BCUT2D eigenvalue weighted by molar-refractivity contribution is 0.561. The van der Waals surface area contributed by atoms with E-state index in [1.165, 1.54) is 12.8 Å². The van der Waals surface area contributed by atoms with Crippen LogP contribution in [0.15, 0.2) is 41.2 Å². The lowest BCUT2D eigenvalue weighted by Crippen LogP contribution is -2.25. The predicted molar refractivity (Wildman–Crippen MR) is 89.7 cm³/mol. The van der Waals surface area contributed by atoms with Crippen molar-refractivity contribution in [1.82, 2.24) is 4.57 Å². The van der Waals surface area contributed by atoms with Gasteiger partial charge in [-0.15, -0.1) is 0 Å². The van der Waals surface area contributed by atoms with Crippen molar-refractivity contribution in [3.63, 3.8) is 0 Å². The molecule has 1 aromatic heterocycles. The number of aryl methyl sites for hydroxylation is 1. The number of nitriles is 1. The van der Waals surface area contributed by atoms with Crippen molar-refractivity contribution >= 4 is 0 Å². The highest BCUT2D eigenvalue weighted by Gasteiger charge is 2.13. The van der Waals surface area contributed by atoms with Crippen molar-refractivity contribution in [2.75, 3.05) is 0 Å². The largest absolute Gasteiger partial charge is 0.312 e.